The van der Waals surface area contributed by atoms with E-state index >= 15 is 0 Å². The summed E-state index contributed by atoms with van der Waals surface area (Å²) in [6.45, 7) is 0.305. The van der Waals surface area contributed by atoms with Gasteiger partial charge in [0.2, 0.25) is 0 Å². The average Bonchev–Trinajstić information content (AvgIpc) is 3.08. The average molecular weight is 345 g/mol. The molecule has 26 heavy (non-hydrogen) atoms. The van der Waals surface area contributed by atoms with Gasteiger partial charge in [0.25, 0.3) is 0 Å². The molecule has 2 heterocycles. The van der Waals surface area contributed by atoms with E-state index in [1.165, 1.54) is 6.07 Å². The van der Waals surface area contributed by atoms with E-state index in [0.717, 1.165) is 11.3 Å². The zero-order chi connectivity index (χ0) is 17.9. The zero-order valence-electron chi connectivity index (χ0n) is 13.9. The fraction of sp³-hybridized carbons (Fsp3) is 0.0500. The topological polar surface area (TPSA) is 69.6 Å². The Labute approximate surface area is 150 Å². The van der Waals surface area contributed by atoms with E-state index in [9.17, 15) is 4.39 Å². The first kappa shape index (κ1) is 16.0. The van der Waals surface area contributed by atoms with Gasteiger partial charge in [0.15, 0.2) is 5.82 Å². The molecule has 0 aliphatic rings. The number of hydrogen-bond donors (Lipinski definition) is 1. The summed E-state index contributed by atoms with van der Waals surface area (Å²) >= 11 is 0. The number of benzene rings is 2. The molecule has 2 aromatic carbocycles. The normalized spacial score (nSPS) is 10.8. The van der Waals surface area contributed by atoms with Gasteiger partial charge < -0.3 is 5.73 Å². The van der Waals surface area contributed by atoms with Crippen molar-refractivity contribution < 1.29 is 4.39 Å². The first-order valence-corrected chi connectivity index (χ1v) is 8.16. The van der Waals surface area contributed by atoms with Crippen LogP contribution in [0.1, 0.15) is 5.56 Å². The van der Waals surface area contributed by atoms with Gasteiger partial charge in [-0.1, -0.05) is 48.5 Å². The van der Waals surface area contributed by atoms with Crippen LogP contribution in [0, 0.1) is 5.82 Å². The van der Waals surface area contributed by atoms with Crippen LogP contribution in [0.15, 0.2) is 72.9 Å². The molecule has 0 saturated heterocycles. The number of nitrogen functional groups attached to an aromatic ring is 1. The molecule has 5 nitrogen and oxygen atoms in total. The molecule has 0 aliphatic heterocycles. The predicted octanol–water partition coefficient (Wildman–Crippen LogP) is 3.78. The summed E-state index contributed by atoms with van der Waals surface area (Å²) in [6.07, 6.45) is 1.59. The summed E-state index contributed by atoms with van der Waals surface area (Å²) in [5, 5.41) is 4.60. The van der Waals surface area contributed by atoms with E-state index in [1.807, 2.05) is 42.5 Å². The van der Waals surface area contributed by atoms with Crippen LogP contribution in [0.5, 0.6) is 0 Å². The van der Waals surface area contributed by atoms with Gasteiger partial charge in [-0.2, -0.15) is 5.10 Å². The maximum atomic E-state index is 14.1. The van der Waals surface area contributed by atoms with Crippen molar-refractivity contribution in [2.24, 2.45) is 0 Å². The minimum Gasteiger partial charge on any atom is -0.384 e. The molecule has 0 fully saturated rings. The summed E-state index contributed by atoms with van der Waals surface area (Å²) < 4.78 is 15.9. The van der Waals surface area contributed by atoms with E-state index in [1.54, 1.807) is 29.1 Å². The second kappa shape index (κ2) is 6.76. The lowest BCUT2D eigenvalue weighted by molar-refractivity contribution is 0.587. The van der Waals surface area contributed by atoms with Crippen molar-refractivity contribution in [2.45, 2.75) is 6.54 Å². The van der Waals surface area contributed by atoms with E-state index in [2.05, 4.69) is 15.1 Å². The Hall–Kier alpha value is -3.54. The third-order valence-electron chi connectivity index (χ3n) is 4.03. The molecule has 128 valence electrons. The minimum absolute atomic E-state index is 0.260. The Balaban J connectivity index is 1.82. The monoisotopic (exact) mass is 345 g/mol. The largest absolute Gasteiger partial charge is 0.384 e. The second-order valence-electron chi connectivity index (χ2n) is 5.84. The molecule has 0 bridgehead atoms. The van der Waals surface area contributed by atoms with Gasteiger partial charge in [-0.05, 0) is 23.8 Å². The van der Waals surface area contributed by atoms with Crippen LogP contribution in [0.4, 0.5) is 10.2 Å². The summed E-state index contributed by atoms with van der Waals surface area (Å²) in [5.74, 6) is 0.554. The fourth-order valence-electron chi connectivity index (χ4n) is 2.77. The van der Waals surface area contributed by atoms with Crippen LogP contribution in [0.25, 0.3) is 22.8 Å². The summed E-state index contributed by atoms with van der Waals surface area (Å²) in [7, 11) is 0. The molecule has 6 heteroatoms. The molecular weight excluding hydrogens is 329 g/mol. The number of aromatic nitrogens is 4. The maximum absolute atomic E-state index is 14.1. The molecule has 4 aromatic rings. The Morgan fingerprint density at radius 2 is 1.73 bits per heavy atom. The third-order valence-corrected chi connectivity index (χ3v) is 4.03. The van der Waals surface area contributed by atoms with E-state index in [-0.39, 0.29) is 5.82 Å². The summed E-state index contributed by atoms with van der Waals surface area (Å²) in [6, 6.07) is 20.0. The summed E-state index contributed by atoms with van der Waals surface area (Å²) in [4.78, 5) is 8.47. The molecular formula is C20H16FN5. The quantitative estimate of drug-likeness (QED) is 0.611. The van der Waals surface area contributed by atoms with Crippen LogP contribution in [0.2, 0.25) is 0 Å². The number of halogens is 1. The zero-order valence-corrected chi connectivity index (χ0v) is 13.9. The Morgan fingerprint density at radius 3 is 2.50 bits per heavy atom. The number of hydrogen-bond acceptors (Lipinski definition) is 4. The highest BCUT2D eigenvalue weighted by Gasteiger charge is 2.15. The fourth-order valence-corrected chi connectivity index (χ4v) is 2.77. The SMILES string of the molecule is Nc1ccnc(-c2cc(-c3ccccc3)n(Cc3ccccc3F)n2)n1. The van der Waals surface area contributed by atoms with Crippen LogP contribution in [0.3, 0.4) is 0 Å². The highest BCUT2D eigenvalue weighted by Crippen LogP contribution is 2.26. The van der Waals surface area contributed by atoms with Gasteiger partial charge in [-0.15, -0.1) is 0 Å². The Morgan fingerprint density at radius 1 is 0.962 bits per heavy atom. The highest BCUT2D eigenvalue weighted by molar-refractivity contribution is 5.66. The molecule has 0 radical (unpaired) electrons. The minimum atomic E-state index is -0.260. The molecule has 0 unspecified atom stereocenters. The lowest BCUT2D eigenvalue weighted by Gasteiger charge is -2.08. The first-order chi connectivity index (χ1) is 12.7. The smallest absolute Gasteiger partial charge is 0.182 e. The van der Waals surface area contributed by atoms with Crippen molar-refractivity contribution in [3.63, 3.8) is 0 Å². The lowest BCUT2D eigenvalue weighted by Crippen LogP contribution is -2.06. The molecule has 0 amide bonds. The first-order valence-electron chi connectivity index (χ1n) is 8.16. The van der Waals surface area contributed by atoms with Crippen molar-refractivity contribution in [3.8, 4) is 22.8 Å². The van der Waals surface area contributed by atoms with Crippen molar-refractivity contribution in [2.75, 3.05) is 5.73 Å². The molecule has 0 saturated carbocycles. The highest BCUT2D eigenvalue weighted by atomic mass is 19.1. The molecule has 0 atom stereocenters. The van der Waals surface area contributed by atoms with Gasteiger partial charge in [-0.25, -0.2) is 14.4 Å². The van der Waals surface area contributed by atoms with E-state index in [0.29, 0.717) is 29.4 Å². The standard InChI is InChI=1S/C20H16FN5/c21-16-9-5-4-8-15(16)13-26-18(14-6-2-1-3-7-14)12-17(25-26)20-23-11-10-19(22)24-20/h1-12H,13H2,(H2,22,23,24). The second-order valence-corrected chi connectivity index (χ2v) is 5.84. The maximum Gasteiger partial charge on any atom is 0.182 e. The van der Waals surface area contributed by atoms with Gasteiger partial charge in [0, 0.05) is 11.8 Å². The number of rotatable bonds is 4. The molecule has 0 spiro atoms. The van der Waals surface area contributed by atoms with Crippen LogP contribution >= 0.6 is 0 Å². The molecule has 2 N–H and O–H groups in total. The lowest BCUT2D eigenvalue weighted by atomic mass is 10.1. The predicted molar refractivity (Wildman–Crippen MR) is 98.6 cm³/mol. The van der Waals surface area contributed by atoms with Gasteiger partial charge >= 0.3 is 0 Å². The van der Waals surface area contributed by atoms with E-state index < -0.39 is 0 Å². The van der Waals surface area contributed by atoms with Crippen molar-refractivity contribution in [1.82, 2.24) is 19.7 Å². The summed E-state index contributed by atoms with van der Waals surface area (Å²) in [5.41, 5.74) is 8.75. The number of nitrogens with zero attached hydrogens (tertiary/aromatic N) is 4. The van der Waals surface area contributed by atoms with Gasteiger partial charge in [0.05, 0.1) is 12.2 Å². The third kappa shape index (κ3) is 3.17. The van der Waals surface area contributed by atoms with Crippen molar-refractivity contribution in [3.05, 3.63) is 84.3 Å². The van der Waals surface area contributed by atoms with Gasteiger partial charge in [-0.3, -0.25) is 4.68 Å². The molecule has 4 rings (SSSR count). The number of nitrogens with two attached hydrogens (primary N) is 1. The van der Waals surface area contributed by atoms with Crippen molar-refractivity contribution >= 4 is 5.82 Å². The molecule has 0 aliphatic carbocycles. The van der Waals surface area contributed by atoms with Crippen LogP contribution in [-0.2, 0) is 6.54 Å². The van der Waals surface area contributed by atoms with E-state index in [4.69, 9.17) is 5.73 Å². The Bertz CT molecular complexity index is 1040. The number of anilines is 1. The van der Waals surface area contributed by atoms with Crippen LogP contribution < -0.4 is 5.73 Å². The molecule has 2 aromatic heterocycles. The van der Waals surface area contributed by atoms with Crippen molar-refractivity contribution in [1.29, 1.82) is 0 Å². The van der Waals surface area contributed by atoms with Gasteiger partial charge in [0.1, 0.15) is 17.3 Å². The Kier molecular flexibility index (Phi) is 4.15. The van der Waals surface area contributed by atoms with Crippen LogP contribution in [-0.4, -0.2) is 19.7 Å².